The molecule has 0 aliphatic rings. The number of ether oxygens (including phenoxy) is 1. The van der Waals surface area contributed by atoms with Gasteiger partial charge in [-0.1, -0.05) is 17.7 Å². The van der Waals surface area contributed by atoms with Crippen molar-refractivity contribution in [1.29, 1.82) is 5.26 Å². The highest BCUT2D eigenvalue weighted by molar-refractivity contribution is 6.31. The zero-order valence-corrected chi connectivity index (χ0v) is 12.1. The van der Waals surface area contributed by atoms with Gasteiger partial charge in [0.2, 0.25) is 5.91 Å². The molecule has 1 rings (SSSR count). The molecule has 1 aromatic carbocycles. The number of nitrogens with zero attached hydrogens (tertiary/aromatic N) is 2. The summed E-state index contributed by atoms with van der Waals surface area (Å²) in [4.78, 5) is 13.7. The third-order valence-corrected chi connectivity index (χ3v) is 3.16. The van der Waals surface area contributed by atoms with Crippen LogP contribution in [0.4, 0.5) is 0 Å². The molecule has 0 bridgehead atoms. The molecule has 0 saturated heterocycles. The summed E-state index contributed by atoms with van der Waals surface area (Å²) in [6, 6.07) is 7.22. The van der Waals surface area contributed by atoms with Crippen LogP contribution < -0.4 is 4.74 Å². The van der Waals surface area contributed by atoms with E-state index in [0.29, 0.717) is 16.3 Å². The van der Waals surface area contributed by atoms with Crippen LogP contribution in [0.5, 0.6) is 5.75 Å². The molecule has 0 aliphatic heterocycles. The van der Waals surface area contributed by atoms with Gasteiger partial charge in [0, 0.05) is 16.6 Å². The Balaban J connectivity index is 2.96. The molecule has 0 saturated carbocycles. The highest BCUT2D eigenvalue weighted by Gasteiger charge is 2.20. The standard InChI is InChI=1S/C14H17ClN2O2/c1-10(2)17(8-7-16)14(18)9-11-12(15)5-4-6-13(11)19-3/h4-6,10H,8-9H2,1-3H3. The molecule has 1 aromatic rings. The minimum absolute atomic E-state index is 0.0272. The second kappa shape index (κ2) is 7.01. The third kappa shape index (κ3) is 3.87. The van der Waals surface area contributed by atoms with E-state index in [9.17, 15) is 4.79 Å². The van der Waals surface area contributed by atoms with Crippen molar-refractivity contribution in [3.63, 3.8) is 0 Å². The lowest BCUT2D eigenvalue weighted by molar-refractivity contribution is -0.131. The van der Waals surface area contributed by atoms with Crippen molar-refractivity contribution in [2.24, 2.45) is 0 Å². The molecule has 0 radical (unpaired) electrons. The third-order valence-electron chi connectivity index (χ3n) is 2.81. The normalized spacial score (nSPS) is 10.1. The van der Waals surface area contributed by atoms with E-state index >= 15 is 0 Å². The van der Waals surface area contributed by atoms with Crippen LogP contribution in [0.3, 0.4) is 0 Å². The van der Waals surface area contributed by atoms with E-state index in [1.807, 2.05) is 19.9 Å². The summed E-state index contributed by atoms with van der Waals surface area (Å²) in [5.74, 6) is 0.449. The molecule has 1 amide bonds. The fourth-order valence-electron chi connectivity index (χ4n) is 1.79. The number of nitriles is 1. The topological polar surface area (TPSA) is 53.3 Å². The van der Waals surface area contributed by atoms with E-state index in [1.165, 1.54) is 12.0 Å². The van der Waals surface area contributed by atoms with E-state index in [1.54, 1.807) is 18.2 Å². The molecule has 0 aliphatic carbocycles. The smallest absolute Gasteiger partial charge is 0.228 e. The molecule has 102 valence electrons. The monoisotopic (exact) mass is 280 g/mol. The van der Waals surface area contributed by atoms with Gasteiger partial charge in [-0.3, -0.25) is 4.79 Å². The number of amides is 1. The van der Waals surface area contributed by atoms with Gasteiger partial charge >= 0.3 is 0 Å². The summed E-state index contributed by atoms with van der Waals surface area (Å²) in [6.07, 6.45) is 0.128. The van der Waals surface area contributed by atoms with Crippen LogP contribution >= 0.6 is 11.6 Å². The summed E-state index contributed by atoms with van der Waals surface area (Å²) >= 11 is 6.10. The zero-order valence-electron chi connectivity index (χ0n) is 11.3. The average Bonchev–Trinajstić information content (AvgIpc) is 2.37. The summed E-state index contributed by atoms with van der Waals surface area (Å²) in [5.41, 5.74) is 0.653. The molecule has 0 heterocycles. The Labute approximate surface area is 118 Å². The predicted octanol–water partition coefficient (Wildman–Crippen LogP) is 2.65. The number of carbonyl (C=O) groups is 1. The second-order valence-corrected chi connectivity index (χ2v) is 4.78. The molecule has 5 heteroatoms. The number of benzene rings is 1. The van der Waals surface area contributed by atoms with Gasteiger partial charge in [0.15, 0.2) is 0 Å². The van der Waals surface area contributed by atoms with Crippen molar-refractivity contribution in [2.75, 3.05) is 13.7 Å². The molecule has 19 heavy (non-hydrogen) atoms. The molecule has 0 aromatic heterocycles. The van der Waals surface area contributed by atoms with E-state index in [-0.39, 0.29) is 24.9 Å². The van der Waals surface area contributed by atoms with Crippen molar-refractivity contribution in [1.82, 2.24) is 4.90 Å². The van der Waals surface area contributed by atoms with Crippen molar-refractivity contribution in [3.05, 3.63) is 28.8 Å². The fourth-order valence-corrected chi connectivity index (χ4v) is 2.02. The number of hydrogen-bond donors (Lipinski definition) is 0. The van der Waals surface area contributed by atoms with Crippen LogP contribution in [0, 0.1) is 11.3 Å². The molecule has 0 spiro atoms. The first-order chi connectivity index (χ1) is 9.01. The number of methoxy groups -OCH3 is 1. The van der Waals surface area contributed by atoms with E-state index < -0.39 is 0 Å². The van der Waals surface area contributed by atoms with Crippen LogP contribution in [0.25, 0.3) is 0 Å². The van der Waals surface area contributed by atoms with Gasteiger partial charge < -0.3 is 9.64 Å². The summed E-state index contributed by atoms with van der Waals surface area (Å²) < 4.78 is 5.21. The van der Waals surface area contributed by atoms with E-state index in [2.05, 4.69) is 0 Å². The Morgan fingerprint density at radius 3 is 2.74 bits per heavy atom. The highest BCUT2D eigenvalue weighted by atomic mass is 35.5. The van der Waals surface area contributed by atoms with Gasteiger partial charge in [-0.05, 0) is 26.0 Å². The zero-order chi connectivity index (χ0) is 14.4. The number of hydrogen-bond acceptors (Lipinski definition) is 3. The minimum atomic E-state index is -0.136. The predicted molar refractivity (Wildman–Crippen MR) is 74.2 cm³/mol. The lowest BCUT2D eigenvalue weighted by Gasteiger charge is -2.24. The average molecular weight is 281 g/mol. The Bertz CT molecular complexity index is 495. The van der Waals surface area contributed by atoms with Crippen molar-refractivity contribution in [3.8, 4) is 11.8 Å². The molecule has 0 atom stereocenters. The van der Waals surface area contributed by atoms with Crippen LogP contribution in [-0.2, 0) is 11.2 Å². The molecule has 0 fully saturated rings. The van der Waals surface area contributed by atoms with Gasteiger partial charge in [0.05, 0.1) is 19.6 Å². The van der Waals surface area contributed by atoms with E-state index in [0.717, 1.165) is 0 Å². The fraction of sp³-hybridized carbons (Fsp3) is 0.429. The molecular weight excluding hydrogens is 264 g/mol. The summed E-state index contributed by atoms with van der Waals surface area (Å²) in [7, 11) is 1.54. The molecular formula is C14H17ClN2O2. The van der Waals surface area contributed by atoms with Crippen molar-refractivity contribution >= 4 is 17.5 Å². The van der Waals surface area contributed by atoms with Crippen LogP contribution in [-0.4, -0.2) is 30.5 Å². The largest absolute Gasteiger partial charge is 0.496 e. The maximum absolute atomic E-state index is 12.2. The number of halogens is 1. The first-order valence-electron chi connectivity index (χ1n) is 5.99. The van der Waals surface area contributed by atoms with Gasteiger partial charge in [0.1, 0.15) is 12.3 Å². The maximum Gasteiger partial charge on any atom is 0.228 e. The first-order valence-corrected chi connectivity index (χ1v) is 6.36. The molecule has 0 N–H and O–H groups in total. The van der Waals surface area contributed by atoms with Crippen LogP contribution in [0.1, 0.15) is 19.4 Å². The highest BCUT2D eigenvalue weighted by Crippen LogP contribution is 2.27. The van der Waals surface area contributed by atoms with Crippen molar-refractivity contribution in [2.45, 2.75) is 26.3 Å². The van der Waals surface area contributed by atoms with Crippen LogP contribution in [0.2, 0.25) is 5.02 Å². The lowest BCUT2D eigenvalue weighted by atomic mass is 10.1. The maximum atomic E-state index is 12.2. The number of rotatable bonds is 5. The van der Waals surface area contributed by atoms with Gasteiger partial charge in [-0.25, -0.2) is 0 Å². The quantitative estimate of drug-likeness (QED) is 0.779. The molecule has 4 nitrogen and oxygen atoms in total. The van der Waals surface area contributed by atoms with Gasteiger partial charge in [-0.15, -0.1) is 0 Å². The van der Waals surface area contributed by atoms with Crippen molar-refractivity contribution < 1.29 is 9.53 Å². The molecule has 0 unspecified atom stereocenters. The summed E-state index contributed by atoms with van der Waals surface area (Å²) in [6.45, 7) is 3.82. The summed E-state index contributed by atoms with van der Waals surface area (Å²) in [5, 5.41) is 9.26. The Morgan fingerprint density at radius 2 is 2.21 bits per heavy atom. The Morgan fingerprint density at radius 1 is 1.53 bits per heavy atom. The Kier molecular flexibility index (Phi) is 5.65. The Hall–Kier alpha value is -1.73. The minimum Gasteiger partial charge on any atom is -0.496 e. The van der Waals surface area contributed by atoms with Gasteiger partial charge in [0.25, 0.3) is 0 Å². The number of carbonyl (C=O) groups excluding carboxylic acids is 1. The van der Waals surface area contributed by atoms with Gasteiger partial charge in [-0.2, -0.15) is 5.26 Å². The van der Waals surface area contributed by atoms with Crippen LogP contribution in [0.15, 0.2) is 18.2 Å². The first kappa shape index (κ1) is 15.3. The lowest BCUT2D eigenvalue weighted by Crippen LogP contribution is -2.38. The SMILES string of the molecule is COc1cccc(Cl)c1CC(=O)N(CC#N)C(C)C. The van der Waals surface area contributed by atoms with E-state index in [4.69, 9.17) is 21.6 Å². The second-order valence-electron chi connectivity index (χ2n) is 4.37.